The summed E-state index contributed by atoms with van der Waals surface area (Å²) in [6.07, 6.45) is 1.72. The molecule has 0 radical (unpaired) electrons. The molecule has 1 aliphatic rings. The summed E-state index contributed by atoms with van der Waals surface area (Å²) in [6, 6.07) is 2.26. The van der Waals surface area contributed by atoms with Gasteiger partial charge in [-0.2, -0.15) is 0 Å². The molecule has 6 heteroatoms. The molecule has 0 amide bonds. The minimum Gasteiger partial charge on any atom is -0.388 e. The zero-order chi connectivity index (χ0) is 13.1. The van der Waals surface area contributed by atoms with Crippen molar-refractivity contribution in [1.29, 1.82) is 0 Å². The maximum atomic E-state index is 5.60. The molecular weight excluding hydrogens is 246 g/mol. The zero-order valence-electron chi connectivity index (χ0n) is 10.8. The van der Waals surface area contributed by atoms with E-state index in [2.05, 4.69) is 33.6 Å². The molecule has 0 aliphatic carbocycles. The van der Waals surface area contributed by atoms with E-state index >= 15 is 0 Å². The van der Waals surface area contributed by atoms with E-state index in [-0.39, 0.29) is 0 Å². The molecule has 1 aromatic heterocycles. The van der Waals surface area contributed by atoms with Crippen molar-refractivity contribution in [1.82, 2.24) is 14.9 Å². The topological polar surface area (TPSA) is 58.3 Å². The van der Waals surface area contributed by atoms with Gasteiger partial charge >= 0.3 is 0 Å². The number of rotatable bonds is 3. The van der Waals surface area contributed by atoms with Gasteiger partial charge in [0.05, 0.1) is 0 Å². The van der Waals surface area contributed by atoms with Crippen molar-refractivity contribution in [3.8, 4) is 0 Å². The second kappa shape index (κ2) is 5.58. The first-order valence-electron chi connectivity index (χ1n) is 6.23. The summed E-state index contributed by atoms with van der Waals surface area (Å²) < 4.78 is 0. The Labute approximate surface area is 113 Å². The van der Waals surface area contributed by atoms with Crippen molar-refractivity contribution in [2.75, 3.05) is 31.1 Å². The third-order valence-corrected chi connectivity index (χ3v) is 3.56. The van der Waals surface area contributed by atoms with E-state index in [9.17, 15) is 0 Å². The summed E-state index contributed by atoms with van der Waals surface area (Å²) in [4.78, 5) is 13.7. The second-order valence-corrected chi connectivity index (χ2v) is 4.97. The average molecular weight is 265 g/mol. The maximum absolute atomic E-state index is 5.60. The van der Waals surface area contributed by atoms with Gasteiger partial charge in [-0.3, -0.25) is 4.90 Å². The monoisotopic (exact) mass is 265 g/mol. The summed E-state index contributed by atoms with van der Waals surface area (Å²) >= 11 is 4.94. The van der Waals surface area contributed by atoms with Crippen molar-refractivity contribution in [2.45, 2.75) is 19.9 Å². The van der Waals surface area contributed by atoms with E-state index in [1.807, 2.05) is 0 Å². The van der Waals surface area contributed by atoms with Crippen LogP contribution in [-0.4, -0.2) is 52.1 Å². The predicted molar refractivity (Wildman–Crippen MR) is 76.8 cm³/mol. The molecule has 1 aromatic rings. The van der Waals surface area contributed by atoms with Crippen LogP contribution in [0.1, 0.15) is 19.5 Å². The molecule has 1 saturated heterocycles. The SMILES string of the molecule is CCN1CCN(c2nccc(C(N)=S)n2)CC1C. The molecule has 2 N–H and O–H groups in total. The van der Waals surface area contributed by atoms with E-state index in [0.29, 0.717) is 16.7 Å². The number of piperazine rings is 1. The first-order chi connectivity index (χ1) is 8.61. The van der Waals surface area contributed by atoms with Crippen LogP contribution in [0.15, 0.2) is 12.3 Å². The highest BCUT2D eigenvalue weighted by atomic mass is 32.1. The van der Waals surface area contributed by atoms with Gasteiger partial charge in [-0.05, 0) is 19.5 Å². The fraction of sp³-hybridized carbons (Fsp3) is 0.583. The highest BCUT2D eigenvalue weighted by molar-refractivity contribution is 7.80. The molecule has 0 bridgehead atoms. The summed E-state index contributed by atoms with van der Waals surface area (Å²) in [5, 5.41) is 0. The van der Waals surface area contributed by atoms with Crippen LogP contribution < -0.4 is 10.6 Å². The molecule has 1 atom stereocenters. The van der Waals surface area contributed by atoms with E-state index < -0.39 is 0 Å². The lowest BCUT2D eigenvalue weighted by atomic mass is 10.2. The normalized spacial score (nSPS) is 21.0. The van der Waals surface area contributed by atoms with Crippen LogP contribution in [0.4, 0.5) is 5.95 Å². The van der Waals surface area contributed by atoms with Crippen LogP contribution in [0.5, 0.6) is 0 Å². The predicted octanol–water partition coefficient (Wildman–Crippen LogP) is 0.641. The minimum atomic E-state index is 0.318. The Kier molecular flexibility index (Phi) is 4.08. The molecule has 98 valence electrons. The van der Waals surface area contributed by atoms with Crippen molar-refractivity contribution in [3.63, 3.8) is 0 Å². The first-order valence-corrected chi connectivity index (χ1v) is 6.64. The highest BCUT2D eigenvalue weighted by Gasteiger charge is 2.24. The summed E-state index contributed by atoms with van der Waals surface area (Å²) in [7, 11) is 0. The number of hydrogen-bond donors (Lipinski definition) is 1. The van der Waals surface area contributed by atoms with Crippen LogP contribution in [0, 0.1) is 0 Å². The molecule has 2 rings (SSSR count). The summed E-state index contributed by atoms with van der Waals surface area (Å²) in [5.74, 6) is 0.725. The molecule has 1 unspecified atom stereocenters. The second-order valence-electron chi connectivity index (χ2n) is 4.53. The standard InChI is InChI=1S/C12H19N5S/c1-3-16-6-7-17(8-9(16)2)12-14-5-4-10(15-12)11(13)18/h4-5,9H,3,6-8H2,1-2H3,(H2,13,18). The zero-order valence-corrected chi connectivity index (χ0v) is 11.7. The van der Waals surface area contributed by atoms with Crippen LogP contribution in [0.3, 0.4) is 0 Å². The van der Waals surface area contributed by atoms with Gasteiger partial charge in [-0.15, -0.1) is 0 Å². The first kappa shape index (κ1) is 13.2. The van der Waals surface area contributed by atoms with Crippen molar-refractivity contribution in [3.05, 3.63) is 18.0 Å². The number of thiocarbonyl (C=S) groups is 1. The fourth-order valence-corrected chi connectivity index (χ4v) is 2.40. The number of nitrogens with two attached hydrogens (primary N) is 1. The van der Waals surface area contributed by atoms with Gasteiger partial charge in [-0.25, -0.2) is 9.97 Å². The Bertz CT molecular complexity index is 436. The smallest absolute Gasteiger partial charge is 0.226 e. The van der Waals surface area contributed by atoms with Gasteiger partial charge in [0.1, 0.15) is 10.7 Å². The number of nitrogens with zero attached hydrogens (tertiary/aromatic N) is 4. The van der Waals surface area contributed by atoms with E-state index in [0.717, 1.165) is 32.1 Å². The highest BCUT2D eigenvalue weighted by Crippen LogP contribution is 2.14. The van der Waals surface area contributed by atoms with E-state index in [4.69, 9.17) is 18.0 Å². The van der Waals surface area contributed by atoms with Gasteiger partial charge in [0.25, 0.3) is 0 Å². The van der Waals surface area contributed by atoms with E-state index in [1.54, 1.807) is 12.3 Å². The Hall–Kier alpha value is -1.27. The van der Waals surface area contributed by atoms with Gasteiger partial charge < -0.3 is 10.6 Å². The Morgan fingerprint density at radius 1 is 1.56 bits per heavy atom. The van der Waals surface area contributed by atoms with Crippen LogP contribution in [0.25, 0.3) is 0 Å². The van der Waals surface area contributed by atoms with Crippen LogP contribution in [-0.2, 0) is 0 Å². The largest absolute Gasteiger partial charge is 0.388 e. The Balaban J connectivity index is 2.13. The lowest BCUT2D eigenvalue weighted by molar-refractivity contribution is 0.198. The molecule has 1 fully saturated rings. The van der Waals surface area contributed by atoms with Gasteiger partial charge in [0.15, 0.2) is 0 Å². The Morgan fingerprint density at radius 3 is 2.94 bits per heavy atom. The summed E-state index contributed by atoms with van der Waals surface area (Å²) in [5.41, 5.74) is 6.24. The maximum Gasteiger partial charge on any atom is 0.226 e. The third-order valence-electron chi connectivity index (χ3n) is 3.35. The number of hydrogen-bond acceptors (Lipinski definition) is 5. The Morgan fingerprint density at radius 2 is 2.33 bits per heavy atom. The molecule has 0 spiro atoms. The summed E-state index contributed by atoms with van der Waals surface area (Å²) in [6.45, 7) is 8.43. The fourth-order valence-electron chi connectivity index (χ4n) is 2.28. The number of aromatic nitrogens is 2. The van der Waals surface area contributed by atoms with E-state index in [1.165, 1.54) is 0 Å². The van der Waals surface area contributed by atoms with Crippen molar-refractivity contribution >= 4 is 23.2 Å². The molecule has 0 aromatic carbocycles. The molecule has 1 aliphatic heterocycles. The lowest BCUT2D eigenvalue weighted by Crippen LogP contribution is -2.52. The van der Waals surface area contributed by atoms with Crippen molar-refractivity contribution in [2.24, 2.45) is 5.73 Å². The minimum absolute atomic E-state index is 0.318. The molecule has 0 saturated carbocycles. The third kappa shape index (κ3) is 2.76. The van der Waals surface area contributed by atoms with Gasteiger partial charge in [0.2, 0.25) is 5.95 Å². The van der Waals surface area contributed by atoms with Gasteiger partial charge in [0, 0.05) is 31.9 Å². The molecule has 5 nitrogen and oxygen atoms in total. The molecular formula is C12H19N5S. The van der Waals surface area contributed by atoms with Crippen LogP contribution >= 0.6 is 12.2 Å². The molecule has 2 heterocycles. The van der Waals surface area contributed by atoms with Crippen molar-refractivity contribution < 1.29 is 0 Å². The number of likely N-dealkylation sites (N-methyl/N-ethyl adjacent to an activating group) is 1. The van der Waals surface area contributed by atoms with Crippen LogP contribution in [0.2, 0.25) is 0 Å². The average Bonchev–Trinajstić information content (AvgIpc) is 2.38. The molecule has 18 heavy (non-hydrogen) atoms. The lowest BCUT2D eigenvalue weighted by Gasteiger charge is -2.39. The van der Waals surface area contributed by atoms with Gasteiger partial charge in [-0.1, -0.05) is 19.1 Å². The quantitative estimate of drug-likeness (QED) is 0.810. The number of anilines is 1.